The molecule has 0 spiro atoms. The largest absolute Gasteiger partial charge is 0.333 e. The normalized spacial score (nSPS) is 10.3. The van der Waals surface area contributed by atoms with E-state index in [1.807, 2.05) is 12.1 Å². The monoisotopic (exact) mass is 332 g/mol. The molecule has 7 heteroatoms. The maximum Gasteiger partial charge on any atom is 0.268 e. The molecule has 0 atom stereocenters. The van der Waals surface area contributed by atoms with E-state index in [0.29, 0.717) is 22.3 Å². The van der Waals surface area contributed by atoms with Crippen LogP contribution in [0.4, 0.5) is 0 Å². The van der Waals surface area contributed by atoms with Crippen LogP contribution in [-0.4, -0.2) is 15.1 Å². The Kier molecular flexibility index (Phi) is 3.11. The van der Waals surface area contributed by atoms with Crippen molar-refractivity contribution >= 4 is 27.3 Å². The fraction of sp³-hybridized carbons (Fsp3) is 0. The topological polar surface area (TPSA) is 75.6 Å². The minimum absolute atomic E-state index is 0.388. The molecule has 0 aromatic carbocycles. The van der Waals surface area contributed by atoms with E-state index in [1.54, 1.807) is 18.3 Å². The molecule has 0 aliphatic rings. The number of nitriles is 1. The Morgan fingerprint density at radius 2 is 2.21 bits per heavy atom. The Morgan fingerprint density at radius 1 is 1.32 bits per heavy atom. The lowest BCUT2D eigenvalue weighted by molar-refractivity contribution is 0.433. The molecule has 0 amide bonds. The zero-order chi connectivity index (χ0) is 13.2. The van der Waals surface area contributed by atoms with Gasteiger partial charge in [-0.2, -0.15) is 10.2 Å². The first-order valence-corrected chi connectivity index (χ1v) is 6.84. The fourth-order valence-corrected chi connectivity index (χ4v) is 2.64. The standard InChI is InChI=1S/C12H5BrN4OS/c13-8-2-1-5-15-10(8)11-16-12(18-17-11)9-4-3-7(6-14)19-9/h1-5H. The van der Waals surface area contributed by atoms with Crippen LogP contribution in [0.25, 0.3) is 22.3 Å². The number of hydrogen-bond donors (Lipinski definition) is 0. The quantitative estimate of drug-likeness (QED) is 0.717. The third kappa shape index (κ3) is 2.28. The van der Waals surface area contributed by atoms with E-state index >= 15 is 0 Å². The summed E-state index contributed by atoms with van der Waals surface area (Å²) in [6.45, 7) is 0. The third-order valence-corrected chi connectivity index (χ3v) is 3.94. The summed E-state index contributed by atoms with van der Waals surface area (Å²) in [5, 5.41) is 12.7. The average Bonchev–Trinajstić information content (AvgIpc) is 3.08. The molecule has 19 heavy (non-hydrogen) atoms. The number of aromatic nitrogens is 3. The van der Waals surface area contributed by atoms with Crippen molar-refractivity contribution in [2.45, 2.75) is 0 Å². The number of halogens is 1. The first kappa shape index (κ1) is 12.0. The Labute approximate surface area is 120 Å². The van der Waals surface area contributed by atoms with E-state index in [9.17, 15) is 0 Å². The minimum Gasteiger partial charge on any atom is -0.333 e. The van der Waals surface area contributed by atoms with Crippen molar-refractivity contribution in [2.24, 2.45) is 0 Å². The Hall–Kier alpha value is -2.04. The predicted octanol–water partition coefficient (Wildman–Crippen LogP) is 3.49. The molecule has 92 valence electrons. The van der Waals surface area contributed by atoms with Crippen LogP contribution in [0.1, 0.15) is 4.88 Å². The minimum atomic E-state index is 0.388. The average molecular weight is 333 g/mol. The summed E-state index contributed by atoms with van der Waals surface area (Å²) in [6, 6.07) is 9.25. The van der Waals surface area contributed by atoms with Gasteiger partial charge in [-0.05, 0) is 40.2 Å². The number of nitrogens with zero attached hydrogens (tertiary/aromatic N) is 4. The van der Waals surface area contributed by atoms with Gasteiger partial charge < -0.3 is 4.52 Å². The molecule has 0 fully saturated rings. The fourth-order valence-electron chi connectivity index (χ4n) is 1.48. The van der Waals surface area contributed by atoms with Gasteiger partial charge in [0, 0.05) is 10.7 Å². The summed E-state index contributed by atoms with van der Waals surface area (Å²) in [6.07, 6.45) is 1.66. The van der Waals surface area contributed by atoms with Crippen molar-refractivity contribution in [3.05, 3.63) is 39.8 Å². The van der Waals surface area contributed by atoms with Crippen molar-refractivity contribution in [2.75, 3.05) is 0 Å². The molecule has 0 bridgehead atoms. The highest BCUT2D eigenvalue weighted by Gasteiger charge is 2.15. The summed E-state index contributed by atoms with van der Waals surface area (Å²) in [5.74, 6) is 0.799. The molecule has 3 aromatic rings. The second kappa shape index (κ2) is 4.91. The van der Waals surface area contributed by atoms with Gasteiger partial charge >= 0.3 is 0 Å². The van der Waals surface area contributed by atoms with Crippen molar-refractivity contribution in [3.63, 3.8) is 0 Å². The molecule has 0 N–H and O–H groups in total. The van der Waals surface area contributed by atoms with Gasteiger partial charge in [0.25, 0.3) is 5.89 Å². The summed E-state index contributed by atoms with van der Waals surface area (Å²) in [5.41, 5.74) is 0.620. The van der Waals surface area contributed by atoms with Crippen molar-refractivity contribution in [1.29, 1.82) is 5.26 Å². The van der Waals surface area contributed by atoms with Gasteiger partial charge in [0.15, 0.2) is 0 Å². The summed E-state index contributed by atoms with van der Waals surface area (Å²) in [7, 11) is 0. The maximum absolute atomic E-state index is 8.80. The molecule has 0 aliphatic heterocycles. The van der Waals surface area contributed by atoms with Crippen LogP contribution in [0.15, 0.2) is 39.5 Å². The lowest BCUT2D eigenvalue weighted by Crippen LogP contribution is -1.86. The third-order valence-electron chi connectivity index (χ3n) is 2.32. The zero-order valence-electron chi connectivity index (χ0n) is 9.37. The van der Waals surface area contributed by atoms with Crippen molar-refractivity contribution in [1.82, 2.24) is 15.1 Å². The number of thiophene rings is 1. The van der Waals surface area contributed by atoms with Crippen LogP contribution in [0, 0.1) is 11.3 Å². The van der Waals surface area contributed by atoms with Crippen LogP contribution in [-0.2, 0) is 0 Å². The van der Waals surface area contributed by atoms with Crippen LogP contribution >= 0.6 is 27.3 Å². The highest BCUT2D eigenvalue weighted by Crippen LogP contribution is 2.29. The van der Waals surface area contributed by atoms with Gasteiger partial charge in [0.05, 0.1) is 4.88 Å². The first-order valence-electron chi connectivity index (χ1n) is 5.23. The highest BCUT2D eigenvalue weighted by atomic mass is 79.9. The SMILES string of the molecule is N#Cc1ccc(-c2nc(-c3ncccc3Br)no2)s1. The van der Waals surface area contributed by atoms with Gasteiger partial charge in [-0.1, -0.05) is 5.16 Å². The van der Waals surface area contributed by atoms with Crippen LogP contribution in [0.2, 0.25) is 0 Å². The van der Waals surface area contributed by atoms with E-state index in [4.69, 9.17) is 9.78 Å². The van der Waals surface area contributed by atoms with Crippen LogP contribution < -0.4 is 0 Å². The van der Waals surface area contributed by atoms with E-state index in [-0.39, 0.29) is 0 Å². The van der Waals surface area contributed by atoms with Crippen LogP contribution in [0.5, 0.6) is 0 Å². The molecule has 0 saturated heterocycles. The Bertz CT molecular complexity index is 774. The number of rotatable bonds is 2. The summed E-state index contributed by atoms with van der Waals surface area (Å²) < 4.78 is 5.99. The van der Waals surface area contributed by atoms with Gasteiger partial charge in [0.2, 0.25) is 5.82 Å². The lowest BCUT2D eigenvalue weighted by Gasteiger charge is -1.94. The smallest absolute Gasteiger partial charge is 0.268 e. The highest BCUT2D eigenvalue weighted by molar-refractivity contribution is 9.10. The molecule has 3 rings (SSSR count). The van der Waals surface area contributed by atoms with Gasteiger partial charge in [-0.15, -0.1) is 11.3 Å². The lowest BCUT2D eigenvalue weighted by atomic mass is 10.3. The molecule has 0 saturated carbocycles. The van der Waals surface area contributed by atoms with E-state index < -0.39 is 0 Å². The number of hydrogen-bond acceptors (Lipinski definition) is 6. The molecular formula is C12H5BrN4OS. The Morgan fingerprint density at radius 3 is 2.95 bits per heavy atom. The molecule has 3 heterocycles. The van der Waals surface area contributed by atoms with Gasteiger partial charge in [-0.3, -0.25) is 4.98 Å². The molecule has 3 aromatic heterocycles. The van der Waals surface area contributed by atoms with Gasteiger partial charge in [0.1, 0.15) is 16.6 Å². The van der Waals surface area contributed by atoms with E-state index in [0.717, 1.165) is 9.35 Å². The molecule has 0 radical (unpaired) electrons. The predicted molar refractivity (Wildman–Crippen MR) is 73.3 cm³/mol. The molecule has 5 nitrogen and oxygen atoms in total. The summed E-state index contributed by atoms with van der Waals surface area (Å²) in [4.78, 5) is 9.86. The zero-order valence-corrected chi connectivity index (χ0v) is 11.8. The summed E-state index contributed by atoms with van der Waals surface area (Å²) >= 11 is 4.70. The van der Waals surface area contributed by atoms with Crippen molar-refractivity contribution in [3.8, 4) is 28.4 Å². The Balaban J connectivity index is 2.00. The van der Waals surface area contributed by atoms with Gasteiger partial charge in [-0.25, -0.2) is 0 Å². The number of pyridine rings is 1. The molecule has 0 unspecified atom stereocenters. The molecule has 0 aliphatic carbocycles. The van der Waals surface area contributed by atoms with E-state index in [2.05, 4.69) is 37.1 Å². The molecular weight excluding hydrogens is 328 g/mol. The maximum atomic E-state index is 8.80. The van der Waals surface area contributed by atoms with Crippen LogP contribution in [0.3, 0.4) is 0 Å². The second-order valence-electron chi connectivity index (χ2n) is 3.53. The van der Waals surface area contributed by atoms with Crippen molar-refractivity contribution < 1.29 is 4.52 Å². The second-order valence-corrected chi connectivity index (χ2v) is 5.47. The first-order chi connectivity index (χ1) is 9.28. The van der Waals surface area contributed by atoms with E-state index in [1.165, 1.54) is 11.3 Å².